The van der Waals surface area contributed by atoms with Crippen LogP contribution < -0.4 is 0 Å². The van der Waals surface area contributed by atoms with E-state index in [0.717, 1.165) is 12.8 Å². The summed E-state index contributed by atoms with van der Waals surface area (Å²) in [6, 6.07) is 6.60. The van der Waals surface area contributed by atoms with E-state index in [4.69, 9.17) is 24.4 Å². The summed E-state index contributed by atoms with van der Waals surface area (Å²) in [5.74, 6) is -2.48. The van der Waals surface area contributed by atoms with E-state index in [2.05, 4.69) is 30.4 Å². The molecule has 8 nitrogen and oxygen atoms in total. The number of nitrogens with one attached hydrogen (secondary N) is 1. The van der Waals surface area contributed by atoms with E-state index in [1.165, 1.54) is 0 Å². The van der Waals surface area contributed by atoms with Crippen LogP contribution in [0.2, 0.25) is 0 Å². The van der Waals surface area contributed by atoms with Crippen LogP contribution in [0.25, 0.3) is 0 Å². The largest absolute Gasteiger partial charge is 0.447 e. The Labute approximate surface area is 174 Å². The molecule has 154 valence electrons. The molecule has 0 aromatic carbocycles. The van der Waals surface area contributed by atoms with Crippen molar-refractivity contribution in [3.05, 3.63) is 12.2 Å². The zero-order valence-corrected chi connectivity index (χ0v) is 16.5. The fourth-order valence-electron chi connectivity index (χ4n) is 7.16. The number of rotatable bonds is 1. The lowest BCUT2D eigenvalue weighted by atomic mass is 9.50. The number of ether oxygens (including phenoxy) is 4. The molecule has 0 amide bonds. The minimum Gasteiger partial charge on any atom is -0.447 e. The predicted octanol–water partition coefficient (Wildman–Crippen LogP) is 2.39. The molecule has 7 atom stereocenters. The quantitative estimate of drug-likeness (QED) is 0.661. The van der Waals surface area contributed by atoms with E-state index < -0.39 is 34.4 Å². The molecule has 8 heteroatoms. The zero-order chi connectivity index (χ0) is 20.8. The van der Waals surface area contributed by atoms with Gasteiger partial charge < -0.3 is 18.9 Å². The van der Waals surface area contributed by atoms with Crippen LogP contribution in [-0.4, -0.2) is 36.8 Å². The number of fused-ring (bicyclic) bond motifs is 2. The highest BCUT2D eigenvalue weighted by atomic mass is 16.7. The second kappa shape index (κ2) is 5.62. The Balaban J connectivity index is 1.52. The number of nitriles is 3. The van der Waals surface area contributed by atoms with Crippen molar-refractivity contribution in [3.63, 3.8) is 0 Å². The average molecular weight is 406 g/mol. The van der Waals surface area contributed by atoms with Gasteiger partial charge in [-0.2, -0.15) is 15.8 Å². The van der Waals surface area contributed by atoms with E-state index in [0.29, 0.717) is 32.0 Å². The second-order valence-corrected chi connectivity index (χ2v) is 9.54. The van der Waals surface area contributed by atoms with Gasteiger partial charge in [-0.1, -0.05) is 12.2 Å². The van der Waals surface area contributed by atoms with Crippen LogP contribution >= 0.6 is 0 Å². The highest BCUT2D eigenvalue weighted by Crippen LogP contribution is 2.70. The van der Waals surface area contributed by atoms with E-state index in [9.17, 15) is 15.8 Å². The first-order valence-corrected chi connectivity index (χ1v) is 10.6. The van der Waals surface area contributed by atoms with Gasteiger partial charge in [0.25, 0.3) is 0 Å². The van der Waals surface area contributed by atoms with Gasteiger partial charge in [0.2, 0.25) is 11.7 Å². The van der Waals surface area contributed by atoms with Gasteiger partial charge in [-0.25, -0.2) is 0 Å². The molecule has 6 rings (SSSR count). The molecule has 3 aliphatic carbocycles. The van der Waals surface area contributed by atoms with Crippen molar-refractivity contribution in [2.75, 3.05) is 13.2 Å². The number of allylic oxidation sites excluding steroid dienone is 2. The lowest BCUT2D eigenvalue weighted by Gasteiger charge is -2.55. The summed E-state index contributed by atoms with van der Waals surface area (Å²) in [7, 11) is 0. The van der Waals surface area contributed by atoms with Crippen LogP contribution in [0.3, 0.4) is 0 Å². The summed E-state index contributed by atoms with van der Waals surface area (Å²) in [6.07, 6.45) is 6.53. The molecule has 0 aromatic rings. The van der Waals surface area contributed by atoms with Crippen molar-refractivity contribution in [2.24, 2.45) is 34.5 Å². The molecule has 1 N–H and O–H groups in total. The topological polar surface area (TPSA) is 132 Å². The molecule has 6 aliphatic rings. The standard InChI is InChI=1S/C22H22N4O4/c23-10-19(11-24)17(15-8-13-1-2-14(15)7-13)29-22-4-3-20(27-5-6-28-20)9-16(22)21(19,12-25)18(26)30-22/h1-2,13-17,26H,3-9H2. The molecule has 30 heavy (non-hydrogen) atoms. The third-order valence-electron chi connectivity index (χ3n) is 8.49. The molecule has 5 fully saturated rings. The van der Waals surface area contributed by atoms with Crippen LogP contribution in [0.15, 0.2) is 12.2 Å². The molecule has 3 aliphatic heterocycles. The SMILES string of the molecule is N#CC1(C#N)C(C2CC3C=CC2C3)OC23CCC4(CC2C1(C#N)C(=N)O3)OCCO4. The first-order chi connectivity index (χ1) is 14.5. The van der Waals surface area contributed by atoms with Gasteiger partial charge in [-0.3, -0.25) is 5.41 Å². The lowest BCUT2D eigenvalue weighted by molar-refractivity contribution is -0.336. The van der Waals surface area contributed by atoms with Gasteiger partial charge in [-0.05, 0) is 30.6 Å². The fourth-order valence-corrected chi connectivity index (χ4v) is 7.16. The fraction of sp³-hybridized carbons (Fsp3) is 0.727. The molecule has 0 radical (unpaired) electrons. The third-order valence-corrected chi connectivity index (χ3v) is 8.49. The minimum absolute atomic E-state index is 0.0470. The molecular weight excluding hydrogens is 384 g/mol. The summed E-state index contributed by atoms with van der Waals surface area (Å²) in [5.41, 5.74) is -3.54. The van der Waals surface area contributed by atoms with Crippen LogP contribution in [0.4, 0.5) is 0 Å². The monoisotopic (exact) mass is 406 g/mol. The Hall–Kier alpha value is -2.44. The lowest BCUT2D eigenvalue weighted by Crippen LogP contribution is -2.67. The summed E-state index contributed by atoms with van der Waals surface area (Å²) in [5, 5.41) is 39.9. The van der Waals surface area contributed by atoms with E-state index in [1.807, 2.05) is 0 Å². The Bertz CT molecular complexity index is 969. The van der Waals surface area contributed by atoms with Gasteiger partial charge >= 0.3 is 0 Å². The molecule has 3 heterocycles. The van der Waals surface area contributed by atoms with Crippen molar-refractivity contribution in [2.45, 2.75) is 49.8 Å². The Kier molecular flexibility index (Phi) is 3.44. The van der Waals surface area contributed by atoms with E-state index in [-0.39, 0.29) is 24.2 Å². The highest BCUT2D eigenvalue weighted by molar-refractivity contribution is 5.89. The van der Waals surface area contributed by atoms with Gasteiger partial charge in [0.05, 0.1) is 43.4 Å². The van der Waals surface area contributed by atoms with Crippen LogP contribution in [0, 0.1) is 73.9 Å². The van der Waals surface area contributed by atoms with Crippen molar-refractivity contribution < 1.29 is 18.9 Å². The molecule has 7 unspecified atom stereocenters. The first-order valence-electron chi connectivity index (χ1n) is 10.6. The van der Waals surface area contributed by atoms with Crippen molar-refractivity contribution in [1.82, 2.24) is 0 Å². The number of hydrogen-bond donors (Lipinski definition) is 1. The van der Waals surface area contributed by atoms with Crippen molar-refractivity contribution >= 4 is 5.90 Å². The van der Waals surface area contributed by atoms with Crippen LogP contribution in [-0.2, 0) is 18.9 Å². The molecule has 1 spiro atoms. The van der Waals surface area contributed by atoms with Crippen LogP contribution in [0.1, 0.15) is 32.1 Å². The summed E-state index contributed by atoms with van der Waals surface area (Å²) < 4.78 is 24.4. The molecule has 3 saturated heterocycles. The normalized spacial score (nSPS) is 48.6. The number of nitrogens with zero attached hydrogens (tertiary/aromatic N) is 3. The Morgan fingerprint density at radius 2 is 1.77 bits per heavy atom. The summed E-state index contributed by atoms with van der Waals surface area (Å²) in [6.45, 7) is 0.917. The maximum Gasteiger partial charge on any atom is 0.217 e. The Morgan fingerprint density at radius 3 is 2.37 bits per heavy atom. The maximum absolute atomic E-state index is 10.5. The van der Waals surface area contributed by atoms with Crippen LogP contribution in [0.5, 0.6) is 0 Å². The smallest absolute Gasteiger partial charge is 0.217 e. The maximum atomic E-state index is 10.5. The predicted molar refractivity (Wildman–Crippen MR) is 98.9 cm³/mol. The average Bonchev–Trinajstić information content (AvgIpc) is 3.53. The zero-order valence-electron chi connectivity index (χ0n) is 16.5. The molecular formula is C22H22N4O4. The summed E-state index contributed by atoms with van der Waals surface area (Å²) in [4.78, 5) is 0. The molecule has 2 saturated carbocycles. The highest BCUT2D eigenvalue weighted by Gasteiger charge is 2.83. The van der Waals surface area contributed by atoms with Gasteiger partial charge in [-0.15, -0.1) is 0 Å². The molecule has 0 aromatic heterocycles. The van der Waals surface area contributed by atoms with Crippen molar-refractivity contribution in [3.8, 4) is 18.2 Å². The van der Waals surface area contributed by atoms with E-state index in [1.54, 1.807) is 0 Å². The van der Waals surface area contributed by atoms with Crippen molar-refractivity contribution in [1.29, 1.82) is 21.2 Å². The van der Waals surface area contributed by atoms with Gasteiger partial charge in [0.1, 0.15) is 0 Å². The third kappa shape index (κ3) is 1.84. The summed E-state index contributed by atoms with van der Waals surface area (Å²) >= 11 is 0. The van der Waals surface area contributed by atoms with Gasteiger partial charge in [0, 0.05) is 19.3 Å². The molecule has 4 bridgehead atoms. The minimum atomic E-state index is -1.83. The van der Waals surface area contributed by atoms with E-state index >= 15 is 0 Å². The first kappa shape index (κ1) is 18.3. The Morgan fingerprint density at radius 1 is 1.00 bits per heavy atom. The van der Waals surface area contributed by atoms with Gasteiger partial charge in [0.15, 0.2) is 16.6 Å². The second-order valence-electron chi connectivity index (χ2n) is 9.54. The number of hydrogen-bond acceptors (Lipinski definition) is 8.